The maximum Gasteiger partial charge on any atom is 0.338 e. The average molecular weight is 276 g/mol. The maximum absolute atomic E-state index is 11.1. The van der Waals surface area contributed by atoms with Crippen molar-refractivity contribution in [2.75, 3.05) is 11.9 Å². The zero-order valence-electron chi connectivity index (χ0n) is 10.4. The molecule has 3 N–H and O–H groups in total. The molecule has 0 aliphatic rings. The van der Waals surface area contributed by atoms with Crippen LogP contribution in [0.1, 0.15) is 16.1 Å². The molecule has 1 aromatic carbocycles. The summed E-state index contributed by atoms with van der Waals surface area (Å²) in [7, 11) is 0. The predicted molar refractivity (Wildman–Crippen MR) is 70.8 cm³/mol. The number of carboxylic acid groups (broad SMARTS) is 1. The number of aromatic nitrogens is 2. The number of nitro groups is 1. The lowest BCUT2D eigenvalue weighted by Crippen LogP contribution is -2.10. The summed E-state index contributed by atoms with van der Waals surface area (Å²) in [6.07, 6.45) is 3.87. The van der Waals surface area contributed by atoms with Crippen molar-refractivity contribution in [1.82, 2.24) is 9.97 Å². The highest BCUT2D eigenvalue weighted by Gasteiger charge is 2.15. The number of carboxylic acids is 1. The predicted octanol–water partition coefficient (Wildman–Crippen LogP) is 1.67. The molecule has 0 bridgehead atoms. The fraction of sp³-hybridized carbons (Fsp3) is 0.167. The number of hydrogen-bond donors (Lipinski definition) is 3. The number of rotatable bonds is 6. The maximum atomic E-state index is 11.1. The number of hydrogen-bond acceptors (Lipinski definition) is 5. The molecule has 0 aliphatic heterocycles. The molecule has 2 aromatic rings. The van der Waals surface area contributed by atoms with Crippen LogP contribution >= 0.6 is 0 Å². The van der Waals surface area contributed by atoms with Crippen LogP contribution in [0.2, 0.25) is 0 Å². The van der Waals surface area contributed by atoms with Crippen LogP contribution in [-0.2, 0) is 6.42 Å². The van der Waals surface area contributed by atoms with Gasteiger partial charge in [0.1, 0.15) is 0 Å². The second-order valence-corrected chi connectivity index (χ2v) is 4.05. The molecule has 0 unspecified atom stereocenters. The molecule has 0 aliphatic carbocycles. The molecule has 0 radical (unpaired) electrons. The van der Waals surface area contributed by atoms with Gasteiger partial charge in [-0.1, -0.05) is 0 Å². The van der Waals surface area contributed by atoms with Gasteiger partial charge in [0.15, 0.2) is 0 Å². The molecule has 20 heavy (non-hydrogen) atoms. The number of nitrogens with one attached hydrogen (secondary N) is 2. The van der Waals surface area contributed by atoms with Gasteiger partial charge in [0, 0.05) is 42.7 Å². The van der Waals surface area contributed by atoms with Crippen LogP contribution in [0.4, 0.5) is 11.4 Å². The standard InChI is InChI=1S/C12H12N4O4/c17-12(18)10-5-9(16(19)20)1-2-11(10)14-4-3-8-6-13-7-15-8/h1-2,5-7,14H,3-4H2,(H,13,15)(H,17,18). The Morgan fingerprint density at radius 1 is 1.50 bits per heavy atom. The third-order valence-electron chi connectivity index (χ3n) is 2.71. The zero-order valence-corrected chi connectivity index (χ0v) is 10.4. The van der Waals surface area contributed by atoms with Gasteiger partial charge in [-0.05, 0) is 6.07 Å². The van der Waals surface area contributed by atoms with Crippen molar-refractivity contribution < 1.29 is 14.8 Å². The van der Waals surface area contributed by atoms with Gasteiger partial charge in [0.05, 0.1) is 16.8 Å². The topological polar surface area (TPSA) is 121 Å². The van der Waals surface area contributed by atoms with E-state index >= 15 is 0 Å². The van der Waals surface area contributed by atoms with E-state index in [0.29, 0.717) is 18.7 Å². The lowest BCUT2D eigenvalue weighted by molar-refractivity contribution is -0.384. The lowest BCUT2D eigenvalue weighted by Gasteiger charge is -2.08. The molecule has 0 spiro atoms. The van der Waals surface area contributed by atoms with Crippen LogP contribution in [-0.4, -0.2) is 32.5 Å². The second kappa shape index (κ2) is 5.83. The van der Waals surface area contributed by atoms with E-state index in [9.17, 15) is 14.9 Å². The van der Waals surface area contributed by atoms with E-state index in [4.69, 9.17) is 5.11 Å². The van der Waals surface area contributed by atoms with E-state index in [2.05, 4.69) is 15.3 Å². The van der Waals surface area contributed by atoms with Crippen LogP contribution in [0, 0.1) is 10.1 Å². The number of nitro benzene ring substituents is 1. The van der Waals surface area contributed by atoms with Crippen molar-refractivity contribution in [3.8, 4) is 0 Å². The minimum Gasteiger partial charge on any atom is -0.478 e. The number of H-pyrrole nitrogens is 1. The summed E-state index contributed by atoms with van der Waals surface area (Å²) in [4.78, 5) is 27.9. The molecule has 1 aromatic heterocycles. The number of imidazole rings is 1. The van der Waals surface area contributed by atoms with Gasteiger partial charge in [-0.2, -0.15) is 0 Å². The summed E-state index contributed by atoms with van der Waals surface area (Å²) in [6, 6.07) is 3.71. The molecular formula is C12H12N4O4. The SMILES string of the molecule is O=C(O)c1cc([N+](=O)[O-])ccc1NCCc1cnc[nH]1. The number of benzene rings is 1. The first-order chi connectivity index (χ1) is 9.58. The van der Waals surface area contributed by atoms with Gasteiger partial charge in [0.2, 0.25) is 0 Å². The highest BCUT2D eigenvalue weighted by atomic mass is 16.6. The van der Waals surface area contributed by atoms with Crippen molar-refractivity contribution >= 4 is 17.3 Å². The summed E-state index contributed by atoms with van der Waals surface area (Å²) in [6.45, 7) is 0.486. The number of aromatic carboxylic acids is 1. The fourth-order valence-corrected chi connectivity index (χ4v) is 1.73. The summed E-state index contributed by atoms with van der Waals surface area (Å²) < 4.78 is 0. The Bertz CT molecular complexity index is 624. The van der Waals surface area contributed by atoms with Crippen molar-refractivity contribution in [2.24, 2.45) is 0 Å². The molecule has 8 nitrogen and oxygen atoms in total. The quantitative estimate of drug-likeness (QED) is 0.545. The van der Waals surface area contributed by atoms with E-state index in [-0.39, 0.29) is 11.3 Å². The van der Waals surface area contributed by atoms with E-state index in [1.165, 1.54) is 12.1 Å². The van der Waals surface area contributed by atoms with Crippen LogP contribution in [0.15, 0.2) is 30.7 Å². The van der Waals surface area contributed by atoms with Gasteiger partial charge in [0.25, 0.3) is 5.69 Å². The molecule has 0 fully saturated rings. The van der Waals surface area contributed by atoms with Gasteiger partial charge in [-0.15, -0.1) is 0 Å². The monoisotopic (exact) mass is 276 g/mol. The first-order valence-electron chi connectivity index (χ1n) is 5.81. The molecule has 0 saturated carbocycles. The third kappa shape index (κ3) is 3.10. The summed E-state index contributed by atoms with van der Waals surface area (Å²) in [5, 5.41) is 22.7. The number of carbonyl (C=O) groups is 1. The fourth-order valence-electron chi connectivity index (χ4n) is 1.73. The highest BCUT2D eigenvalue weighted by molar-refractivity contribution is 5.95. The minimum absolute atomic E-state index is 0.121. The van der Waals surface area contributed by atoms with Crippen LogP contribution < -0.4 is 5.32 Å². The molecular weight excluding hydrogens is 264 g/mol. The number of nitrogens with zero attached hydrogens (tertiary/aromatic N) is 2. The lowest BCUT2D eigenvalue weighted by atomic mass is 10.1. The summed E-state index contributed by atoms with van der Waals surface area (Å²) in [5.41, 5.74) is 0.893. The molecule has 8 heteroatoms. The number of anilines is 1. The molecule has 0 amide bonds. The van der Waals surface area contributed by atoms with Crippen molar-refractivity contribution in [3.63, 3.8) is 0 Å². The van der Waals surface area contributed by atoms with Crippen molar-refractivity contribution in [1.29, 1.82) is 0 Å². The first-order valence-corrected chi connectivity index (χ1v) is 5.81. The minimum atomic E-state index is -1.21. The Balaban J connectivity index is 2.10. The molecule has 104 valence electrons. The average Bonchev–Trinajstić information content (AvgIpc) is 2.91. The van der Waals surface area contributed by atoms with Gasteiger partial charge in [-0.3, -0.25) is 10.1 Å². The van der Waals surface area contributed by atoms with Gasteiger partial charge < -0.3 is 15.4 Å². The normalized spacial score (nSPS) is 10.2. The van der Waals surface area contributed by atoms with Crippen LogP contribution in [0.5, 0.6) is 0 Å². The third-order valence-corrected chi connectivity index (χ3v) is 2.71. The number of non-ortho nitro benzene ring substituents is 1. The molecule has 0 saturated heterocycles. The summed E-state index contributed by atoms with van der Waals surface area (Å²) >= 11 is 0. The van der Waals surface area contributed by atoms with E-state index in [1.54, 1.807) is 12.5 Å². The van der Waals surface area contributed by atoms with E-state index < -0.39 is 10.9 Å². The Hall–Kier alpha value is -2.90. The Morgan fingerprint density at radius 2 is 2.30 bits per heavy atom. The van der Waals surface area contributed by atoms with Gasteiger partial charge in [-0.25, -0.2) is 9.78 Å². The largest absolute Gasteiger partial charge is 0.478 e. The first kappa shape index (κ1) is 13.5. The van der Waals surface area contributed by atoms with E-state index in [1.807, 2.05) is 0 Å². The van der Waals surface area contributed by atoms with Crippen molar-refractivity contribution in [3.05, 3.63) is 52.1 Å². The highest BCUT2D eigenvalue weighted by Crippen LogP contribution is 2.22. The second-order valence-electron chi connectivity index (χ2n) is 4.05. The molecule has 2 rings (SSSR count). The Kier molecular flexibility index (Phi) is 3.94. The number of aromatic amines is 1. The Labute approximate surface area is 113 Å². The van der Waals surface area contributed by atoms with E-state index in [0.717, 1.165) is 11.8 Å². The smallest absolute Gasteiger partial charge is 0.338 e. The Morgan fingerprint density at radius 3 is 2.90 bits per heavy atom. The summed E-state index contributed by atoms with van der Waals surface area (Å²) in [5.74, 6) is -1.21. The van der Waals surface area contributed by atoms with Gasteiger partial charge >= 0.3 is 5.97 Å². The van der Waals surface area contributed by atoms with Crippen LogP contribution in [0.3, 0.4) is 0 Å². The van der Waals surface area contributed by atoms with Crippen molar-refractivity contribution in [2.45, 2.75) is 6.42 Å². The zero-order chi connectivity index (χ0) is 14.5. The van der Waals surface area contributed by atoms with Crippen LogP contribution in [0.25, 0.3) is 0 Å². The molecule has 0 atom stereocenters. The molecule has 1 heterocycles.